The van der Waals surface area contributed by atoms with Crippen LogP contribution >= 0.6 is 0 Å². The van der Waals surface area contributed by atoms with Crippen molar-refractivity contribution in [2.45, 2.75) is 63.8 Å². The van der Waals surface area contributed by atoms with Gasteiger partial charge in [0.15, 0.2) is 0 Å². The number of hydrogen-bond acceptors (Lipinski definition) is 1. The van der Waals surface area contributed by atoms with E-state index in [4.69, 9.17) is 0 Å². The Hall–Kier alpha value is -1.08. The van der Waals surface area contributed by atoms with Gasteiger partial charge in [-0.2, -0.15) is 0 Å². The van der Waals surface area contributed by atoms with Crippen LogP contribution in [0.1, 0.15) is 62.5 Å². The van der Waals surface area contributed by atoms with E-state index in [1.807, 2.05) is 0 Å². The van der Waals surface area contributed by atoms with Gasteiger partial charge in [0.25, 0.3) is 0 Å². The van der Waals surface area contributed by atoms with Crippen molar-refractivity contribution in [3.8, 4) is 0 Å². The summed E-state index contributed by atoms with van der Waals surface area (Å²) in [4.78, 5) is 0. The molecule has 0 radical (unpaired) electrons. The van der Waals surface area contributed by atoms with Crippen molar-refractivity contribution in [3.63, 3.8) is 0 Å². The van der Waals surface area contributed by atoms with Crippen LogP contribution < -0.4 is 5.32 Å². The normalized spacial score (nSPS) is 23.9. The van der Waals surface area contributed by atoms with Crippen LogP contribution in [0.5, 0.6) is 0 Å². The van der Waals surface area contributed by atoms with Crippen LogP contribution in [0.25, 0.3) is 0 Å². The summed E-state index contributed by atoms with van der Waals surface area (Å²) < 4.78 is 0. The van der Waals surface area contributed by atoms with Crippen molar-refractivity contribution >= 4 is 0 Å². The molecule has 0 aromatic heterocycles. The molecule has 20 heavy (non-hydrogen) atoms. The van der Waals surface area contributed by atoms with Crippen LogP contribution in [0, 0.1) is 0 Å². The lowest BCUT2D eigenvalue weighted by Crippen LogP contribution is -2.36. The molecule has 0 heterocycles. The number of likely N-dealkylation sites (N-methyl/N-ethyl adjacent to an activating group) is 1. The molecule has 0 saturated carbocycles. The lowest BCUT2D eigenvalue weighted by Gasteiger charge is -2.28. The fourth-order valence-electron chi connectivity index (χ4n) is 4.01. The van der Waals surface area contributed by atoms with Gasteiger partial charge in [0.2, 0.25) is 0 Å². The smallest absolute Gasteiger partial charge is 0.0348 e. The zero-order valence-corrected chi connectivity index (χ0v) is 12.7. The van der Waals surface area contributed by atoms with Gasteiger partial charge in [-0.3, -0.25) is 0 Å². The molecule has 0 fully saturated rings. The van der Waals surface area contributed by atoms with Gasteiger partial charge in [-0.05, 0) is 56.2 Å². The first-order valence-electron chi connectivity index (χ1n) is 8.40. The molecule has 2 unspecified atom stereocenters. The number of rotatable bonds is 4. The Kier molecular flexibility index (Phi) is 4.57. The molecule has 2 aliphatic carbocycles. The van der Waals surface area contributed by atoms with Gasteiger partial charge in [-0.25, -0.2) is 0 Å². The van der Waals surface area contributed by atoms with E-state index in [9.17, 15) is 0 Å². The number of benzene rings is 1. The third kappa shape index (κ3) is 2.83. The minimum absolute atomic E-state index is 0.571. The molecule has 1 nitrogen and oxygen atoms in total. The molecule has 1 N–H and O–H groups in total. The van der Waals surface area contributed by atoms with Crippen molar-refractivity contribution in [1.29, 1.82) is 0 Å². The number of allylic oxidation sites excluding steroid dienone is 1. The van der Waals surface area contributed by atoms with Gasteiger partial charge in [0.1, 0.15) is 0 Å². The quantitative estimate of drug-likeness (QED) is 0.789. The van der Waals surface area contributed by atoms with E-state index in [2.05, 4.69) is 42.6 Å². The molecule has 0 bridgehead atoms. The highest BCUT2D eigenvalue weighted by atomic mass is 14.9. The summed E-state index contributed by atoms with van der Waals surface area (Å²) in [7, 11) is 0. The predicted molar refractivity (Wildman–Crippen MR) is 86.1 cm³/mol. The summed E-state index contributed by atoms with van der Waals surface area (Å²) >= 11 is 0. The molecule has 2 atom stereocenters. The van der Waals surface area contributed by atoms with Gasteiger partial charge >= 0.3 is 0 Å². The molecule has 108 valence electrons. The second kappa shape index (κ2) is 6.58. The van der Waals surface area contributed by atoms with Gasteiger partial charge in [-0.15, -0.1) is 0 Å². The Labute approximate surface area is 123 Å². The Morgan fingerprint density at radius 1 is 1.15 bits per heavy atom. The first kappa shape index (κ1) is 13.9. The van der Waals surface area contributed by atoms with E-state index >= 15 is 0 Å². The maximum absolute atomic E-state index is 3.79. The SMILES string of the molecule is CCNC(C1=CCCCCC1)C1CCc2ccccc21. The maximum atomic E-state index is 3.79. The molecule has 0 amide bonds. The maximum Gasteiger partial charge on any atom is 0.0348 e. The average Bonchev–Trinajstić information content (AvgIpc) is 2.71. The zero-order chi connectivity index (χ0) is 13.8. The van der Waals surface area contributed by atoms with E-state index in [-0.39, 0.29) is 0 Å². The predicted octanol–water partition coefficient (Wildman–Crippen LogP) is 4.59. The van der Waals surface area contributed by atoms with E-state index in [1.165, 1.54) is 44.9 Å². The molecule has 2 aliphatic rings. The van der Waals surface area contributed by atoms with E-state index < -0.39 is 0 Å². The summed E-state index contributed by atoms with van der Waals surface area (Å²) in [5.74, 6) is 0.690. The summed E-state index contributed by atoms with van der Waals surface area (Å²) in [6, 6.07) is 9.64. The van der Waals surface area contributed by atoms with Crippen molar-refractivity contribution in [2.75, 3.05) is 6.54 Å². The largest absolute Gasteiger partial charge is 0.310 e. The van der Waals surface area contributed by atoms with Gasteiger partial charge in [-0.1, -0.05) is 49.3 Å². The van der Waals surface area contributed by atoms with Gasteiger partial charge in [0, 0.05) is 12.0 Å². The molecule has 0 saturated heterocycles. The minimum atomic E-state index is 0.571. The summed E-state index contributed by atoms with van der Waals surface area (Å²) in [6.45, 7) is 3.31. The van der Waals surface area contributed by atoms with E-state index in [0.717, 1.165) is 6.54 Å². The van der Waals surface area contributed by atoms with Gasteiger partial charge in [0.05, 0.1) is 0 Å². The van der Waals surface area contributed by atoms with Crippen LogP contribution in [0.2, 0.25) is 0 Å². The van der Waals surface area contributed by atoms with Crippen LogP contribution in [0.3, 0.4) is 0 Å². The van der Waals surface area contributed by atoms with E-state index in [0.29, 0.717) is 12.0 Å². The second-order valence-corrected chi connectivity index (χ2v) is 6.26. The zero-order valence-electron chi connectivity index (χ0n) is 12.7. The van der Waals surface area contributed by atoms with Crippen molar-refractivity contribution in [2.24, 2.45) is 0 Å². The minimum Gasteiger partial charge on any atom is -0.310 e. The van der Waals surface area contributed by atoms with Crippen molar-refractivity contribution in [3.05, 3.63) is 47.0 Å². The summed E-state index contributed by atoms with van der Waals surface area (Å²) in [5.41, 5.74) is 4.87. The highest BCUT2D eigenvalue weighted by Gasteiger charge is 2.31. The Bertz CT molecular complexity index is 474. The molecular weight excluding hydrogens is 242 g/mol. The molecule has 0 spiro atoms. The van der Waals surface area contributed by atoms with Crippen LogP contribution in [0.4, 0.5) is 0 Å². The van der Waals surface area contributed by atoms with Crippen LogP contribution in [-0.4, -0.2) is 12.6 Å². The van der Waals surface area contributed by atoms with E-state index in [1.54, 1.807) is 16.7 Å². The molecule has 0 aliphatic heterocycles. The molecule has 1 aromatic rings. The summed E-state index contributed by atoms with van der Waals surface area (Å²) in [5, 5.41) is 3.79. The Balaban J connectivity index is 1.86. The number of aryl methyl sites for hydroxylation is 1. The molecule has 3 rings (SSSR count). The topological polar surface area (TPSA) is 12.0 Å². The Morgan fingerprint density at radius 2 is 2.05 bits per heavy atom. The van der Waals surface area contributed by atoms with Crippen LogP contribution in [0.15, 0.2) is 35.9 Å². The third-order valence-electron chi connectivity index (χ3n) is 4.98. The van der Waals surface area contributed by atoms with Crippen molar-refractivity contribution in [1.82, 2.24) is 5.32 Å². The number of nitrogens with one attached hydrogen (secondary N) is 1. The monoisotopic (exact) mass is 269 g/mol. The third-order valence-corrected chi connectivity index (χ3v) is 4.98. The summed E-state index contributed by atoms with van der Waals surface area (Å²) in [6.07, 6.45) is 11.9. The first-order valence-corrected chi connectivity index (χ1v) is 8.40. The average molecular weight is 269 g/mol. The van der Waals surface area contributed by atoms with Crippen LogP contribution in [-0.2, 0) is 6.42 Å². The molecule has 1 heteroatoms. The molecule has 1 aromatic carbocycles. The fraction of sp³-hybridized carbons (Fsp3) is 0.579. The lowest BCUT2D eigenvalue weighted by molar-refractivity contribution is 0.473. The lowest BCUT2D eigenvalue weighted by atomic mass is 9.86. The number of fused-ring (bicyclic) bond motifs is 1. The number of hydrogen-bond donors (Lipinski definition) is 1. The van der Waals surface area contributed by atoms with Crippen molar-refractivity contribution < 1.29 is 0 Å². The Morgan fingerprint density at radius 3 is 2.95 bits per heavy atom. The van der Waals surface area contributed by atoms with Gasteiger partial charge < -0.3 is 5.32 Å². The highest BCUT2D eigenvalue weighted by molar-refractivity contribution is 5.38. The second-order valence-electron chi connectivity index (χ2n) is 6.26. The first-order chi connectivity index (χ1) is 9.90. The fourth-order valence-corrected chi connectivity index (χ4v) is 4.01. The highest BCUT2D eigenvalue weighted by Crippen LogP contribution is 2.39. The molecular formula is C19H27N. The standard InChI is InChI=1S/C19H27N/c1-2-20-19(16-10-5-3-4-6-11-16)18-14-13-15-9-7-8-12-17(15)18/h7-10,12,18-20H,2-6,11,13-14H2,1H3.